The summed E-state index contributed by atoms with van der Waals surface area (Å²) >= 11 is 0. The van der Waals surface area contributed by atoms with Crippen LogP contribution in [0.1, 0.15) is 30.4 Å². The monoisotopic (exact) mass is 305 g/mol. The number of nitrogens with one attached hydrogen (secondary N) is 1. The van der Waals surface area contributed by atoms with Crippen molar-refractivity contribution in [2.45, 2.75) is 25.3 Å². The van der Waals surface area contributed by atoms with Crippen molar-refractivity contribution < 1.29 is 4.74 Å². The Kier molecular flexibility index (Phi) is 3.69. The average Bonchev–Trinajstić information content (AvgIpc) is 3.26. The first kappa shape index (κ1) is 14.2. The van der Waals surface area contributed by atoms with E-state index in [0.29, 0.717) is 0 Å². The van der Waals surface area contributed by atoms with Gasteiger partial charge in [0.05, 0.1) is 6.33 Å². The number of aromatic nitrogens is 2. The lowest BCUT2D eigenvalue weighted by atomic mass is 10.0. The Morgan fingerprint density at radius 1 is 1.00 bits per heavy atom. The molecule has 2 aromatic carbocycles. The second kappa shape index (κ2) is 5.99. The minimum absolute atomic E-state index is 0.0768. The highest BCUT2D eigenvalue weighted by atomic mass is 16.5. The van der Waals surface area contributed by atoms with E-state index < -0.39 is 0 Å². The topological polar surface area (TPSA) is 39.1 Å². The third-order valence-electron chi connectivity index (χ3n) is 4.28. The first-order chi connectivity index (χ1) is 11.3. The van der Waals surface area contributed by atoms with Gasteiger partial charge in [0, 0.05) is 24.1 Å². The molecule has 3 aromatic rings. The average molecular weight is 305 g/mol. The molecule has 2 heterocycles. The van der Waals surface area contributed by atoms with Crippen molar-refractivity contribution in [3.05, 3.63) is 84.4 Å². The molecule has 1 N–H and O–H groups in total. The van der Waals surface area contributed by atoms with Gasteiger partial charge in [-0.05, 0) is 30.2 Å². The molecule has 1 fully saturated rings. The van der Waals surface area contributed by atoms with Crippen LogP contribution in [0.5, 0.6) is 0 Å². The maximum absolute atomic E-state index is 6.25. The van der Waals surface area contributed by atoms with Gasteiger partial charge in [0.25, 0.3) is 0 Å². The van der Waals surface area contributed by atoms with E-state index in [-0.39, 0.29) is 18.4 Å². The van der Waals surface area contributed by atoms with Gasteiger partial charge in [0.15, 0.2) is 0 Å². The van der Waals surface area contributed by atoms with Crippen LogP contribution in [0, 0.1) is 0 Å². The lowest BCUT2D eigenvalue weighted by Gasteiger charge is -2.14. The first-order valence-electron chi connectivity index (χ1n) is 7.86. The first-order valence-corrected chi connectivity index (χ1v) is 7.86. The SMILES string of the molecule is C[C@H]1N[C@H](c2ccc(-n3ccnc3)cc2)O[C@@H]1c1ccccc1. The fourth-order valence-corrected chi connectivity index (χ4v) is 3.05. The number of imidazole rings is 1. The molecule has 116 valence electrons. The highest BCUT2D eigenvalue weighted by molar-refractivity contribution is 5.35. The summed E-state index contributed by atoms with van der Waals surface area (Å²) in [5.41, 5.74) is 3.45. The van der Waals surface area contributed by atoms with E-state index in [2.05, 4.69) is 65.8 Å². The molecule has 4 heteroatoms. The number of ether oxygens (including phenoxy) is 1. The van der Waals surface area contributed by atoms with Crippen LogP contribution < -0.4 is 5.32 Å². The summed E-state index contributed by atoms with van der Waals surface area (Å²) < 4.78 is 8.23. The van der Waals surface area contributed by atoms with Gasteiger partial charge in [0.2, 0.25) is 0 Å². The molecule has 1 aliphatic rings. The Hall–Kier alpha value is -2.43. The fourth-order valence-electron chi connectivity index (χ4n) is 3.05. The van der Waals surface area contributed by atoms with Crippen LogP contribution in [0.3, 0.4) is 0 Å². The third kappa shape index (κ3) is 2.79. The van der Waals surface area contributed by atoms with Crippen LogP contribution in [0.2, 0.25) is 0 Å². The molecule has 1 saturated heterocycles. The number of benzene rings is 2. The summed E-state index contributed by atoms with van der Waals surface area (Å²) in [5, 5.41) is 3.53. The standard InChI is InChI=1S/C19H19N3O/c1-14-18(15-5-3-2-4-6-15)23-19(21-14)16-7-9-17(10-8-16)22-12-11-20-13-22/h2-14,18-19,21H,1H3/t14-,18+,19+/m1/s1. The molecule has 1 aliphatic heterocycles. The molecule has 0 amide bonds. The Morgan fingerprint density at radius 3 is 2.48 bits per heavy atom. The summed E-state index contributed by atoms with van der Waals surface area (Å²) in [5.74, 6) is 0. The largest absolute Gasteiger partial charge is 0.350 e. The molecule has 0 aliphatic carbocycles. The van der Waals surface area contributed by atoms with E-state index in [0.717, 1.165) is 11.3 Å². The van der Waals surface area contributed by atoms with E-state index >= 15 is 0 Å². The van der Waals surface area contributed by atoms with Crippen LogP contribution in [0.25, 0.3) is 5.69 Å². The summed E-state index contributed by atoms with van der Waals surface area (Å²) in [7, 11) is 0. The van der Waals surface area contributed by atoms with Gasteiger partial charge >= 0.3 is 0 Å². The quantitative estimate of drug-likeness (QED) is 0.803. The van der Waals surface area contributed by atoms with Gasteiger partial charge in [-0.1, -0.05) is 42.5 Å². The maximum Gasteiger partial charge on any atom is 0.135 e. The highest BCUT2D eigenvalue weighted by Crippen LogP contribution is 2.34. The molecule has 0 spiro atoms. The van der Waals surface area contributed by atoms with E-state index in [1.165, 1.54) is 5.56 Å². The zero-order chi connectivity index (χ0) is 15.6. The molecule has 0 bridgehead atoms. The van der Waals surface area contributed by atoms with Crippen LogP contribution in [-0.4, -0.2) is 15.6 Å². The van der Waals surface area contributed by atoms with E-state index in [1.807, 2.05) is 16.8 Å². The van der Waals surface area contributed by atoms with Crippen molar-refractivity contribution in [2.24, 2.45) is 0 Å². The summed E-state index contributed by atoms with van der Waals surface area (Å²) in [6, 6.07) is 19.0. The van der Waals surface area contributed by atoms with E-state index in [4.69, 9.17) is 4.74 Å². The summed E-state index contributed by atoms with van der Waals surface area (Å²) in [4.78, 5) is 4.08. The van der Waals surface area contributed by atoms with Crippen LogP contribution in [0.4, 0.5) is 0 Å². The molecule has 0 unspecified atom stereocenters. The molecule has 1 aromatic heterocycles. The van der Waals surface area contributed by atoms with Gasteiger partial charge < -0.3 is 9.30 Å². The second-order valence-electron chi connectivity index (χ2n) is 5.86. The molecular formula is C19H19N3O. The van der Waals surface area contributed by atoms with Gasteiger partial charge in [-0.15, -0.1) is 0 Å². The Labute approximate surface area is 135 Å². The number of hydrogen-bond acceptors (Lipinski definition) is 3. The Balaban J connectivity index is 1.53. The summed E-state index contributed by atoms with van der Waals surface area (Å²) in [6.07, 6.45) is 5.52. The number of hydrogen-bond donors (Lipinski definition) is 1. The van der Waals surface area contributed by atoms with Gasteiger partial charge in [-0.2, -0.15) is 0 Å². The van der Waals surface area contributed by atoms with Crippen molar-refractivity contribution >= 4 is 0 Å². The van der Waals surface area contributed by atoms with Crippen molar-refractivity contribution in [2.75, 3.05) is 0 Å². The van der Waals surface area contributed by atoms with Gasteiger partial charge in [-0.25, -0.2) is 4.98 Å². The smallest absolute Gasteiger partial charge is 0.135 e. The van der Waals surface area contributed by atoms with Crippen molar-refractivity contribution in [3.8, 4) is 5.69 Å². The fraction of sp³-hybridized carbons (Fsp3) is 0.211. The zero-order valence-corrected chi connectivity index (χ0v) is 13.0. The molecule has 0 saturated carbocycles. The zero-order valence-electron chi connectivity index (χ0n) is 13.0. The highest BCUT2D eigenvalue weighted by Gasteiger charge is 2.33. The minimum Gasteiger partial charge on any atom is -0.350 e. The third-order valence-corrected chi connectivity index (χ3v) is 4.28. The molecule has 3 atom stereocenters. The van der Waals surface area contributed by atoms with E-state index in [1.54, 1.807) is 12.5 Å². The van der Waals surface area contributed by atoms with Crippen LogP contribution >= 0.6 is 0 Å². The Morgan fingerprint density at radius 2 is 1.78 bits per heavy atom. The lowest BCUT2D eigenvalue weighted by Crippen LogP contribution is -2.23. The number of nitrogens with zero attached hydrogens (tertiary/aromatic N) is 2. The van der Waals surface area contributed by atoms with Crippen molar-refractivity contribution in [1.82, 2.24) is 14.9 Å². The molecule has 0 radical (unpaired) electrons. The lowest BCUT2D eigenvalue weighted by molar-refractivity contribution is 0.0363. The van der Waals surface area contributed by atoms with Crippen LogP contribution in [-0.2, 0) is 4.74 Å². The van der Waals surface area contributed by atoms with Gasteiger partial charge in [0.1, 0.15) is 12.3 Å². The normalized spacial score (nSPS) is 24.0. The molecule has 4 nitrogen and oxygen atoms in total. The minimum atomic E-state index is -0.0768. The van der Waals surface area contributed by atoms with Gasteiger partial charge in [-0.3, -0.25) is 5.32 Å². The van der Waals surface area contributed by atoms with Crippen LogP contribution in [0.15, 0.2) is 73.3 Å². The van der Waals surface area contributed by atoms with E-state index in [9.17, 15) is 0 Å². The van der Waals surface area contributed by atoms with Crippen molar-refractivity contribution in [1.29, 1.82) is 0 Å². The molecule has 4 rings (SSSR count). The maximum atomic E-state index is 6.25. The predicted molar refractivity (Wildman–Crippen MR) is 89.2 cm³/mol. The van der Waals surface area contributed by atoms with Crippen molar-refractivity contribution in [3.63, 3.8) is 0 Å². The summed E-state index contributed by atoms with van der Waals surface area (Å²) in [6.45, 7) is 2.16. The molecular weight excluding hydrogens is 286 g/mol. The predicted octanol–water partition coefficient (Wildman–Crippen LogP) is 3.62. The Bertz CT molecular complexity index is 753. The second-order valence-corrected chi connectivity index (χ2v) is 5.86. The molecule has 23 heavy (non-hydrogen) atoms. The number of rotatable bonds is 3.